The average molecular weight is 473 g/mol. The van der Waals surface area contributed by atoms with Crippen LogP contribution in [0.1, 0.15) is 34.7 Å². The highest BCUT2D eigenvalue weighted by molar-refractivity contribution is 6.46. The maximum atomic E-state index is 13.0. The molecule has 7 heteroatoms. The van der Waals surface area contributed by atoms with Crippen LogP contribution in [-0.2, 0) is 20.9 Å². The average Bonchev–Trinajstić information content (AvgIpc) is 3.13. The molecule has 7 nitrogen and oxygen atoms in total. The second kappa shape index (κ2) is 11.0. The van der Waals surface area contributed by atoms with Gasteiger partial charge >= 0.3 is 0 Å². The fourth-order valence-corrected chi connectivity index (χ4v) is 4.22. The Morgan fingerprint density at radius 1 is 1.06 bits per heavy atom. The number of carbonyl (C=O) groups excluding carboxylic acids is 2. The standard InChI is InChI=1S/C28H28N2O5/c1-19-5-3-6-20(17-19)18-35-23-9-7-22(8-10-23)26(31)24-25(21-11-13-29-14-12-21)30(15-4-16-34-2)28(33)27(24)32/h3,5-14,17,25,31H,4,15-16,18H2,1-2H3/b26-24+. The van der Waals surface area contributed by atoms with Crippen molar-refractivity contribution in [3.05, 3.63) is 101 Å². The lowest BCUT2D eigenvalue weighted by molar-refractivity contribution is -0.140. The van der Waals surface area contributed by atoms with Crippen LogP contribution in [0.4, 0.5) is 0 Å². The van der Waals surface area contributed by atoms with Crippen molar-refractivity contribution in [3.8, 4) is 5.75 Å². The zero-order valence-corrected chi connectivity index (χ0v) is 19.8. The number of pyridine rings is 1. The number of carbonyl (C=O) groups is 2. The number of ether oxygens (including phenoxy) is 2. The van der Waals surface area contributed by atoms with Crippen molar-refractivity contribution < 1.29 is 24.2 Å². The van der Waals surface area contributed by atoms with Gasteiger partial charge in [0.25, 0.3) is 11.7 Å². The van der Waals surface area contributed by atoms with Crippen molar-refractivity contribution in [3.63, 3.8) is 0 Å². The van der Waals surface area contributed by atoms with E-state index in [4.69, 9.17) is 9.47 Å². The summed E-state index contributed by atoms with van der Waals surface area (Å²) in [5.74, 6) is -0.928. The highest BCUT2D eigenvalue weighted by Gasteiger charge is 2.45. The molecule has 0 radical (unpaired) electrons. The van der Waals surface area contributed by atoms with E-state index in [1.165, 1.54) is 4.90 Å². The van der Waals surface area contributed by atoms with Crippen LogP contribution in [-0.4, -0.2) is 46.9 Å². The Bertz CT molecular complexity index is 1220. The summed E-state index contributed by atoms with van der Waals surface area (Å²) in [6.07, 6.45) is 3.77. The van der Waals surface area contributed by atoms with Crippen LogP contribution in [0.3, 0.4) is 0 Å². The Labute approximate surface area is 204 Å². The van der Waals surface area contributed by atoms with E-state index in [-0.39, 0.29) is 11.3 Å². The Kier molecular flexibility index (Phi) is 7.57. The summed E-state index contributed by atoms with van der Waals surface area (Å²) in [5, 5.41) is 11.2. The Hall–Kier alpha value is -3.97. The Balaban J connectivity index is 1.61. The number of amides is 1. The van der Waals surface area contributed by atoms with Crippen LogP contribution in [0, 0.1) is 6.92 Å². The molecule has 35 heavy (non-hydrogen) atoms. The van der Waals surface area contributed by atoms with E-state index in [1.807, 2.05) is 25.1 Å². The first-order valence-electron chi connectivity index (χ1n) is 11.5. The van der Waals surface area contributed by atoms with Crippen LogP contribution in [0.25, 0.3) is 5.76 Å². The van der Waals surface area contributed by atoms with E-state index < -0.39 is 17.7 Å². The highest BCUT2D eigenvalue weighted by Crippen LogP contribution is 2.39. The minimum Gasteiger partial charge on any atom is -0.507 e. The van der Waals surface area contributed by atoms with Gasteiger partial charge in [-0.05, 0) is 60.9 Å². The number of methoxy groups -OCH3 is 1. The lowest BCUT2D eigenvalue weighted by atomic mass is 9.96. The molecule has 2 heterocycles. The molecule has 3 aromatic rings. The van der Waals surface area contributed by atoms with E-state index in [9.17, 15) is 14.7 Å². The predicted molar refractivity (Wildman–Crippen MR) is 132 cm³/mol. The zero-order valence-electron chi connectivity index (χ0n) is 19.8. The maximum Gasteiger partial charge on any atom is 0.295 e. The number of nitrogens with zero attached hydrogens (tertiary/aromatic N) is 2. The van der Waals surface area contributed by atoms with Gasteiger partial charge in [0.1, 0.15) is 18.1 Å². The van der Waals surface area contributed by atoms with Crippen LogP contribution in [0.2, 0.25) is 0 Å². The molecular formula is C28H28N2O5. The number of likely N-dealkylation sites (tertiary alicyclic amines) is 1. The number of Topliss-reactive ketones (excluding diaryl/α,β-unsaturated/α-hetero) is 1. The number of hydrogen-bond acceptors (Lipinski definition) is 6. The number of ketones is 1. The molecule has 1 aliphatic rings. The monoisotopic (exact) mass is 472 g/mol. The molecule has 1 saturated heterocycles. The van der Waals surface area contributed by atoms with Gasteiger partial charge in [0.15, 0.2) is 0 Å². The topological polar surface area (TPSA) is 89.0 Å². The highest BCUT2D eigenvalue weighted by atomic mass is 16.5. The molecule has 1 fully saturated rings. The number of hydrogen-bond donors (Lipinski definition) is 1. The fourth-order valence-electron chi connectivity index (χ4n) is 4.22. The lowest BCUT2D eigenvalue weighted by Gasteiger charge is -2.25. The summed E-state index contributed by atoms with van der Waals surface area (Å²) in [7, 11) is 1.59. The molecule has 1 aliphatic heterocycles. The molecule has 0 aliphatic carbocycles. The van der Waals surface area contributed by atoms with Gasteiger partial charge in [-0.1, -0.05) is 29.8 Å². The van der Waals surface area contributed by atoms with Crippen molar-refractivity contribution in [1.82, 2.24) is 9.88 Å². The number of aryl methyl sites for hydroxylation is 1. The SMILES string of the molecule is COCCCN1C(=O)C(=O)/C(=C(/O)c2ccc(OCc3cccc(C)c3)cc2)C1c1ccncc1. The van der Waals surface area contributed by atoms with E-state index in [2.05, 4.69) is 11.1 Å². The number of benzene rings is 2. The molecule has 1 atom stereocenters. The fraction of sp³-hybridized carbons (Fsp3) is 0.250. The van der Waals surface area contributed by atoms with Gasteiger partial charge in [0, 0.05) is 38.2 Å². The molecule has 0 saturated carbocycles. The molecule has 1 unspecified atom stereocenters. The number of aromatic nitrogens is 1. The third-order valence-corrected chi connectivity index (χ3v) is 5.93. The molecule has 0 spiro atoms. The quantitative estimate of drug-likeness (QED) is 0.215. The minimum absolute atomic E-state index is 0.0621. The van der Waals surface area contributed by atoms with E-state index in [0.29, 0.717) is 43.1 Å². The third kappa shape index (κ3) is 5.41. The zero-order chi connectivity index (χ0) is 24.8. The van der Waals surface area contributed by atoms with Gasteiger partial charge in [-0.3, -0.25) is 14.6 Å². The molecular weight excluding hydrogens is 444 g/mol. The van der Waals surface area contributed by atoms with Gasteiger partial charge < -0.3 is 19.5 Å². The summed E-state index contributed by atoms with van der Waals surface area (Å²) in [5.41, 5.74) is 3.42. The molecule has 4 rings (SSSR count). The largest absolute Gasteiger partial charge is 0.507 e. The molecule has 1 aromatic heterocycles. The van der Waals surface area contributed by atoms with E-state index >= 15 is 0 Å². The summed E-state index contributed by atoms with van der Waals surface area (Å²) in [6.45, 7) is 3.23. The van der Waals surface area contributed by atoms with Gasteiger partial charge in [-0.15, -0.1) is 0 Å². The second-order valence-electron chi connectivity index (χ2n) is 8.42. The molecule has 1 amide bonds. The van der Waals surface area contributed by atoms with Gasteiger partial charge in [-0.25, -0.2) is 0 Å². The van der Waals surface area contributed by atoms with Crippen molar-refractivity contribution in [1.29, 1.82) is 0 Å². The van der Waals surface area contributed by atoms with Crippen LogP contribution in [0.15, 0.2) is 78.6 Å². The number of aliphatic hydroxyl groups excluding tert-OH is 1. The predicted octanol–water partition coefficient (Wildman–Crippen LogP) is 4.43. The van der Waals surface area contributed by atoms with Gasteiger partial charge in [-0.2, -0.15) is 0 Å². The summed E-state index contributed by atoms with van der Waals surface area (Å²) in [4.78, 5) is 31.4. The first kappa shape index (κ1) is 24.2. The first-order valence-corrected chi connectivity index (χ1v) is 11.5. The van der Waals surface area contributed by atoms with Gasteiger partial charge in [0.2, 0.25) is 0 Å². The molecule has 1 N–H and O–H groups in total. The molecule has 0 bridgehead atoms. The van der Waals surface area contributed by atoms with Crippen LogP contribution < -0.4 is 4.74 Å². The first-order chi connectivity index (χ1) is 17.0. The summed E-state index contributed by atoms with van der Waals surface area (Å²) in [6, 6.07) is 17.7. The van der Waals surface area contributed by atoms with Crippen molar-refractivity contribution in [2.45, 2.75) is 26.0 Å². The van der Waals surface area contributed by atoms with Crippen LogP contribution in [0.5, 0.6) is 5.75 Å². The van der Waals surface area contributed by atoms with Crippen molar-refractivity contribution in [2.24, 2.45) is 0 Å². The Morgan fingerprint density at radius 3 is 2.49 bits per heavy atom. The maximum absolute atomic E-state index is 13.0. The normalized spacial score (nSPS) is 17.1. The van der Waals surface area contributed by atoms with Crippen molar-refractivity contribution >= 4 is 17.4 Å². The summed E-state index contributed by atoms with van der Waals surface area (Å²) < 4.78 is 11.0. The number of rotatable bonds is 9. The minimum atomic E-state index is -0.707. The van der Waals surface area contributed by atoms with E-state index in [0.717, 1.165) is 11.1 Å². The second-order valence-corrected chi connectivity index (χ2v) is 8.42. The van der Waals surface area contributed by atoms with Gasteiger partial charge in [0.05, 0.1) is 11.6 Å². The Morgan fingerprint density at radius 2 is 1.80 bits per heavy atom. The molecule has 180 valence electrons. The lowest BCUT2D eigenvalue weighted by Crippen LogP contribution is -2.31. The number of aliphatic hydroxyl groups is 1. The smallest absolute Gasteiger partial charge is 0.295 e. The van der Waals surface area contributed by atoms with Crippen molar-refractivity contribution in [2.75, 3.05) is 20.3 Å². The summed E-state index contributed by atoms with van der Waals surface area (Å²) >= 11 is 0. The third-order valence-electron chi connectivity index (χ3n) is 5.93. The van der Waals surface area contributed by atoms with E-state index in [1.54, 1.807) is 55.9 Å². The molecule has 2 aromatic carbocycles. The van der Waals surface area contributed by atoms with Crippen LogP contribution >= 0.6 is 0 Å².